The standard InChI is InChI=1S/C9H9ClN4/c1-14-9(7(11)5-13-14)6-2-3-8(10)12-4-6/h2-5H,11H2,1H3. The second kappa shape index (κ2) is 3.31. The molecule has 72 valence electrons. The number of aryl methyl sites for hydroxylation is 1. The molecule has 2 aromatic rings. The van der Waals surface area contributed by atoms with Crippen molar-refractivity contribution in [3.63, 3.8) is 0 Å². The topological polar surface area (TPSA) is 56.7 Å². The summed E-state index contributed by atoms with van der Waals surface area (Å²) in [5.74, 6) is 0. The fourth-order valence-corrected chi connectivity index (χ4v) is 1.44. The Bertz CT molecular complexity index is 427. The van der Waals surface area contributed by atoms with Crippen LogP contribution in [0.2, 0.25) is 5.15 Å². The molecule has 14 heavy (non-hydrogen) atoms. The normalized spacial score (nSPS) is 10.4. The van der Waals surface area contributed by atoms with E-state index in [1.54, 1.807) is 23.1 Å². The van der Waals surface area contributed by atoms with E-state index in [4.69, 9.17) is 17.3 Å². The Morgan fingerprint density at radius 2 is 2.14 bits per heavy atom. The number of halogens is 1. The SMILES string of the molecule is Cn1ncc(N)c1-c1ccc(Cl)nc1. The minimum Gasteiger partial charge on any atom is -0.396 e. The highest BCUT2D eigenvalue weighted by molar-refractivity contribution is 6.29. The number of rotatable bonds is 1. The van der Waals surface area contributed by atoms with E-state index in [1.807, 2.05) is 13.1 Å². The minimum absolute atomic E-state index is 0.467. The molecule has 2 heterocycles. The van der Waals surface area contributed by atoms with Gasteiger partial charge in [0.25, 0.3) is 0 Å². The predicted molar refractivity (Wildman–Crippen MR) is 55.9 cm³/mol. The van der Waals surface area contributed by atoms with Crippen molar-refractivity contribution in [2.24, 2.45) is 7.05 Å². The van der Waals surface area contributed by atoms with Crippen molar-refractivity contribution in [2.75, 3.05) is 5.73 Å². The quantitative estimate of drug-likeness (QED) is 0.726. The fourth-order valence-electron chi connectivity index (χ4n) is 1.32. The number of nitrogens with zero attached hydrogens (tertiary/aromatic N) is 3. The van der Waals surface area contributed by atoms with Crippen LogP contribution in [-0.2, 0) is 7.05 Å². The molecule has 0 unspecified atom stereocenters. The van der Waals surface area contributed by atoms with Crippen LogP contribution in [0.5, 0.6) is 0 Å². The zero-order chi connectivity index (χ0) is 10.1. The summed E-state index contributed by atoms with van der Waals surface area (Å²) >= 11 is 5.69. The predicted octanol–water partition coefficient (Wildman–Crippen LogP) is 1.72. The van der Waals surface area contributed by atoms with E-state index >= 15 is 0 Å². The maximum atomic E-state index is 5.77. The largest absolute Gasteiger partial charge is 0.396 e. The minimum atomic E-state index is 0.467. The van der Waals surface area contributed by atoms with Gasteiger partial charge in [-0.15, -0.1) is 0 Å². The lowest BCUT2D eigenvalue weighted by atomic mass is 10.2. The van der Waals surface area contributed by atoms with Gasteiger partial charge in [-0.2, -0.15) is 5.10 Å². The molecule has 0 aliphatic rings. The van der Waals surface area contributed by atoms with Crippen molar-refractivity contribution < 1.29 is 0 Å². The van der Waals surface area contributed by atoms with Gasteiger partial charge in [-0.1, -0.05) is 11.6 Å². The highest BCUT2D eigenvalue weighted by atomic mass is 35.5. The van der Waals surface area contributed by atoms with Crippen LogP contribution < -0.4 is 5.73 Å². The molecule has 0 aliphatic carbocycles. The van der Waals surface area contributed by atoms with E-state index in [0.29, 0.717) is 10.8 Å². The summed E-state index contributed by atoms with van der Waals surface area (Å²) in [6, 6.07) is 3.59. The average molecular weight is 209 g/mol. The van der Waals surface area contributed by atoms with E-state index in [9.17, 15) is 0 Å². The molecule has 0 saturated heterocycles. The maximum Gasteiger partial charge on any atom is 0.129 e. The first kappa shape index (κ1) is 9.02. The van der Waals surface area contributed by atoms with Gasteiger partial charge >= 0.3 is 0 Å². The van der Waals surface area contributed by atoms with Crippen LogP contribution in [0.1, 0.15) is 0 Å². The Kier molecular flexibility index (Phi) is 2.13. The summed E-state index contributed by atoms with van der Waals surface area (Å²) in [4.78, 5) is 3.99. The van der Waals surface area contributed by atoms with Crippen LogP contribution in [0.3, 0.4) is 0 Å². The summed E-state index contributed by atoms with van der Waals surface area (Å²) in [6.45, 7) is 0. The molecule has 2 rings (SSSR count). The molecule has 0 aliphatic heterocycles. The first-order valence-electron chi connectivity index (χ1n) is 4.08. The molecule has 2 aromatic heterocycles. The molecule has 2 N–H and O–H groups in total. The van der Waals surface area contributed by atoms with E-state index in [1.165, 1.54) is 0 Å². The molecule has 0 radical (unpaired) electrons. The van der Waals surface area contributed by atoms with Crippen LogP contribution in [-0.4, -0.2) is 14.8 Å². The monoisotopic (exact) mass is 208 g/mol. The number of pyridine rings is 1. The van der Waals surface area contributed by atoms with Gasteiger partial charge in [-0.25, -0.2) is 4.98 Å². The third kappa shape index (κ3) is 1.44. The van der Waals surface area contributed by atoms with Crippen LogP contribution in [0.15, 0.2) is 24.5 Å². The van der Waals surface area contributed by atoms with Gasteiger partial charge in [0.15, 0.2) is 0 Å². The molecule has 0 amide bonds. The number of nitrogens with two attached hydrogens (primary N) is 1. The van der Waals surface area contributed by atoms with Crippen molar-refractivity contribution in [1.82, 2.24) is 14.8 Å². The summed E-state index contributed by atoms with van der Waals surface area (Å²) in [5, 5.41) is 4.51. The molecule has 0 aromatic carbocycles. The van der Waals surface area contributed by atoms with Gasteiger partial charge < -0.3 is 5.73 Å². The summed E-state index contributed by atoms with van der Waals surface area (Å²) in [7, 11) is 1.83. The van der Waals surface area contributed by atoms with Crippen molar-refractivity contribution in [3.8, 4) is 11.3 Å². The van der Waals surface area contributed by atoms with E-state index in [-0.39, 0.29) is 0 Å². The van der Waals surface area contributed by atoms with E-state index in [2.05, 4.69) is 10.1 Å². The summed E-state index contributed by atoms with van der Waals surface area (Å²) in [6.07, 6.45) is 3.29. The lowest BCUT2D eigenvalue weighted by Gasteiger charge is -2.02. The Morgan fingerprint density at radius 3 is 2.64 bits per heavy atom. The molecule has 0 saturated carbocycles. The molecular weight excluding hydrogens is 200 g/mol. The Balaban J connectivity index is 2.54. The molecule has 4 nitrogen and oxygen atoms in total. The lowest BCUT2D eigenvalue weighted by Crippen LogP contribution is -1.96. The Labute approximate surface area is 86.3 Å². The Hall–Kier alpha value is -1.55. The van der Waals surface area contributed by atoms with Gasteiger partial charge in [-0.3, -0.25) is 4.68 Å². The third-order valence-electron chi connectivity index (χ3n) is 1.97. The van der Waals surface area contributed by atoms with E-state index in [0.717, 1.165) is 11.3 Å². The number of hydrogen-bond acceptors (Lipinski definition) is 3. The molecule has 0 atom stereocenters. The molecule has 0 bridgehead atoms. The highest BCUT2D eigenvalue weighted by Gasteiger charge is 2.07. The first-order chi connectivity index (χ1) is 6.68. The van der Waals surface area contributed by atoms with Gasteiger partial charge in [0.1, 0.15) is 5.15 Å². The average Bonchev–Trinajstić information content (AvgIpc) is 2.49. The molecular formula is C9H9ClN4. The summed E-state index contributed by atoms with van der Waals surface area (Å²) < 4.78 is 1.71. The molecule has 5 heteroatoms. The van der Waals surface area contributed by atoms with Crippen molar-refractivity contribution in [1.29, 1.82) is 0 Å². The molecule has 0 spiro atoms. The summed E-state index contributed by atoms with van der Waals surface area (Å²) in [5.41, 5.74) is 8.17. The van der Waals surface area contributed by atoms with Crippen LogP contribution in [0, 0.1) is 0 Å². The fraction of sp³-hybridized carbons (Fsp3) is 0.111. The highest BCUT2D eigenvalue weighted by Crippen LogP contribution is 2.24. The van der Waals surface area contributed by atoms with E-state index < -0.39 is 0 Å². The maximum absolute atomic E-state index is 5.77. The second-order valence-electron chi connectivity index (χ2n) is 2.94. The smallest absolute Gasteiger partial charge is 0.129 e. The van der Waals surface area contributed by atoms with Crippen molar-refractivity contribution >= 4 is 17.3 Å². The second-order valence-corrected chi connectivity index (χ2v) is 3.33. The zero-order valence-corrected chi connectivity index (χ0v) is 8.36. The number of anilines is 1. The van der Waals surface area contributed by atoms with Gasteiger partial charge in [-0.05, 0) is 12.1 Å². The van der Waals surface area contributed by atoms with Crippen LogP contribution in [0.4, 0.5) is 5.69 Å². The van der Waals surface area contributed by atoms with Gasteiger partial charge in [0.05, 0.1) is 17.6 Å². The third-order valence-corrected chi connectivity index (χ3v) is 2.19. The van der Waals surface area contributed by atoms with Crippen LogP contribution >= 0.6 is 11.6 Å². The lowest BCUT2D eigenvalue weighted by molar-refractivity contribution is 0.775. The zero-order valence-electron chi connectivity index (χ0n) is 7.61. The number of aromatic nitrogens is 3. The van der Waals surface area contributed by atoms with Gasteiger partial charge in [0.2, 0.25) is 0 Å². The Morgan fingerprint density at radius 1 is 1.36 bits per heavy atom. The van der Waals surface area contributed by atoms with Crippen molar-refractivity contribution in [3.05, 3.63) is 29.7 Å². The van der Waals surface area contributed by atoms with Crippen LogP contribution in [0.25, 0.3) is 11.3 Å². The number of hydrogen-bond donors (Lipinski definition) is 1. The van der Waals surface area contributed by atoms with Gasteiger partial charge in [0, 0.05) is 18.8 Å². The van der Waals surface area contributed by atoms with Crippen molar-refractivity contribution in [2.45, 2.75) is 0 Å². The number of nitrogen functional groups attached to an aromatic ring is 1. The molecule has 0 fully saturated rings. The first-order valence-corrected chi connectivity index (χ1v) is 4.45.